The van der Waals surface area contributed by atoms with Crippen molar-refractivity contribution in [2.24, 2.45) is 0 Å². The number of phosphoric acid groups is 1. The molecule has 20 nitrogen and oxygen atoms in total. The number of phosphoric ester groups is 1. The molecule has 0 unspecified atom stereocenters. The molecule has 2 amide bonds. The molecule has 2 rings (SSSR count). The van der Waals surface area contributed by atoms with Gasteiger partial charge in [0.2, 0.25) is 11.8 Å². The second kappa shape index (κ2) is 64.0. The number of rotatable bonds is 71. The monoisotopic (exact) mass is 1450 g/mol. The van der Waals surface area contributed by atoms with Crippen LogP contribution in [0, 0.1) is 0 Å². The zero-order valence-electron chi connectivity index (χ0n) is 64.3. The fraction of sp³-hybridized carbons (Fsp3) is 0.850. The number of esters is 1. The summed E-state index contributed by atoms with van der Waals surface area (Å²) in [7, 11) is -3.00. The Hall–Kier alpha value is -3.21. The fourth-order valence-electron chi connectivity index (χ4n) is 12.8. The molecule has 3 N–H and O–H groups in total. The highest BCUT2D eigenvalue weighted by atomic mass is 31.2. The summed E-state index contributed by atoms with van der Waals surface area (Å²) in [4.78, 5) is 54.0. The second-order valence-corrected chi connectivity index (χ2v) is 29.3. The van der Waals surface area contributed by atoms with E-state index in [2.05, 4.69) is 70.2 Å². The Bertz CT molecular complexity index is 2140. The minimum atomic E-state index is -4.47. The van der Waals surface area contributed by atoms with Gasteiger partial charge in [0.1, 0.15) is 67.7 Å². The van der Waals surface area contributed by atoms with E-state index in [0.717, 1.165) is 109 Å². The first-order valence-corrected chi connectivity index (χ1v) is 41.6. The van der Waals surface area contributed by atoms with Crippen LogP contribution in [0.15, 0.2) is 50.1 Å². The standard InChI is InChI=1S/C80H145N2O18P/c1-10-17-21-25-29-33-35-36-40-43-47-51-59-90-68(54-50-46-42-38-32-28-24-20-13-4)55-61-93-78-74(81-66(8)83)80(99-70(63-89-9)76(78)100-101(88,96-57-15-6)97-58-16-7)94-64-69-75(87)77(92-60-52-48-44-39-34-30-26-22-18-11-2)73(79(98-69)95-65-72(86)91-56-14-5)82-71(85)62-67(84)53-49-45-41-37-31-27-23-19-12-3/h14-16,33,35,68-70,73-80,87H,5-7,10-13,17-32,34,36-65H2,1-4,8-9H3,(H,81,83)(H,82,85)/b35-33-/t68-,69-,70-,73-,74-,75-,76-,77-,78-,79+,80-/m1/s1. The summed E-state index contributed by atoms with van der Waals surface area (Å²) in [6.07, 6.45) is 42.3. The lowest BCUT2D eigenvalue weighted by Crippen LogP contribution is -2.67. The van der Waals surface area contributed by atoms with E-state index in [1.54, 1.807) is 0 Å². The molecule has 2 aliphatic rings. The molecule has 588 valence electrons. The van der Waals surface area contributed by atoms with Gasteiger partial charge in [0, 0.05) is 40.3 Å². The Morgan fingerprint density at radius 2 is 0.970 bits per heavy atom. The first-order valence-electron chi connectivity index (χ1n) is 40.1. The number of carbonyl (C=O) groups excluding carboxylic acids is 4. The van der Waals surface area contributed by atoms with Crippen molar-refractivity contribution in [3.63, 3.8) is 0 Å². The molecule has 2 heterocycles. The fourth-order valence-corrected chi connectivity index (χ4v) is 14.2. The molecule has 0 bridgehead atoms. The van der Waals surface area contributed by atoms with Crippen molar-refractivity contribution in [1.29, 1.82) is 0 Å². The lowest BCUT2D eigenvalue weighted by atomic mass is 9.95. The van der Waals surface area contributed by atoms with E-state index < -0.39 is 107 Å². The molecule has 11 atom stereocenters. The van der Waals surface area contributed by atoms with Gasteiger partial charge in [-0.15, -0.1) is 13.2 Å². The normalized spacial score (nSPS) is 21.2. The number of hydrogen-bond donors (Lipinski definition) is 3. The number of allylic oxidation sites excluding steroid dienone is 2. The molecule has 0 aromatic carbocycles. The maximum Gasteiger partial charge on any atom is 0.475 e. The summed E-state index contributed by atoms with van der Waals surface area (Å²) >= 11 is 0. The summed E-state index contributed by atoms with van der Waals surface area (Å²) in [5.41, 5.74) is 0. The topological polar surface area (TPSA) is 240 Å². The van der Waals surface area contributed by atoms with Gasteiger partial charge < -0.3 is 58.4 Å². The van der Waals surface area contributed by atoms with Crippen LogP contribution in [0.3, 0.4) is 0 Å². The molecule has 0 aromatic heterocycles. The maximum absolute atomic E-state index is 14.7. The molecule has 2 fully saturated rings. The van der Waals surface area contributed by atoms with E-state index in [-0.39, 0.29) is 57.9 Å². The van der Waals surface area contributed by atoms with Gasteiger partial charge in [0.25, 0.3) is 0 Å². The van der Waals surface area contributed by atoms with E-state index >= 15 is 0 Å². The number of carbonyl (C=O) groups is 4. The van der Waals surface area contributed by atoms with Crippen LogP contribution in [0.1, 0.15) is 304 Å². The number of aliphatic hydroxyl groups excluding tert-OH is 1. The molecule has 21 heteroatoms. The van der Waals surface area contributed by atoms with Gasteiger partial charge in [0.05, 0.1) is 39.0 Å². The Kier molecular flexibility index (Phi) is 59.5. The molecule has 0 saturated carbocycles. The average molecular weight is 1450 g/mol. The van der Waals surface area contributed by atoms with E-state index in [0.29, 0.717) is 25.9 Å². The van der Waals surface area contributed by atoms with Crippen LogP contribution in [0.2, 0.25) is 0 Å². The zero-order chi connectivity index (χ0) is 73.7. The third-order valence-corrected chi connectivity index (χ3v) is 20.0. The number of unbranched alkanes of at least 4 members (excludes halogenated alkanes) is 33. The molecule has 101 heavy (non-hydrogen) atoms. The number of nitrogens with one attached hydrogen (secondary N) is 2. The molecule has 2 aliphatic heterocycles. The zero-order valence-corrected chi connectivity index (χ0v) is 65.2. The van der Waals surface area contributed by atoms with Gasteiger partial charge in [-0.05, 0) is 57.8 Å². The van der Waals surface area contributed by atoms with Gasteiger partial charge in [-0.3, -0.25) is 28.0 Å². The van der Waals surface area contributed by atoms with Crippen LogP contribution in [0.5, 0.6) is 0 Å². The largest absolute Gasteiger partial charge is 0.475 e. The number of hydrogen-bond acceptors (Lipinski definition) is 18. The van der Waals surface area contributed by atoms with Gasteiger partial charge in [-0.1, -0.05) is 264 Å². The van der Waals surface area contributed by atoms with Crippen molar-refractivity contribution >= 4 is 31.4 Å². The molecular formula is C80H145N2O18P. The summed E-state index contributed by atoms with van der Waals surface area (Å²) in [6.45, 7) is 20.6. The van der Waals surface area contributed by atoms with E-state index in [4.69, 9.17) is 56.2 Å². The van der Waals surface area contributed by atoms with Gasteiger partial charge >= 0.3 is 13.8 Å². The second-order valence-electron chi connectivity index (χ2n) is 27.7. The minimum Gasteiger partial charge on any atom is -0.460 e. The van der Waals surface area contributed by atoms with Crippen LogP contribution in [-0.2, 0) is 79.9 Å². The van der Waals surface area contributed by atoms with Crippen LogP contribution < -0.4 is 10.6 Å². The van der Waals surface area contributed by atoms with Crippen LogP contribution in [0.25, 0.3) is 0 Å². The first kappa shape index (κ1) is 93.9. The van der Waals surface area contributed by atoms with E-state index in [9.17, 15) is 28.8 Å². The number of Topliss-reactive ketones (excluding diaryl/α,β-unsaturated/α-hetero) is 1. The summed E-state index contributed by atoms with van der Waals surface area (Å²) in [5, 5.41) is 18.4. The highest BCUT2D eigenvalue weighted by molar-refractivity contribution is 7.48. The number of methoxy groups -OCH3 is 1. The number of ether oxygens (including phenoxy) is 9. The van der Waals surface area contributed by atoms with Gasteiger partial charge in [-0.25, -0.2) is 9.36 Å². The molecule has 2 saturated heterocycles. The average Bonchev–Trinajstić information content (AvgIpc) is 0.760. The summed E-state index contributed by atoms with van der Waals surface area (Å²) in [5.74, 6) is -2.08. The third-order valence-electron chi connectivity index (χ3n) is 18.6. The maximum atomic E-state index is 14.7. The Labute approximate surface area is 612 Å². The first-order chi connectivity index (χ1) is 49.2. The van der Waals surface area contributed by atoms with Gasteiger partial charge in [-0.2, -0.15) is 0 Å². The lowest BCUT2D eigenvalue weighted by Gasteiger charge is -2.47. The Morgan fingerprint density at radius 1 is 0.505 bits per heavy atom. The third kappa shape index (κ3) is 46.5. The molecular weight excluding hydrogens is 1310 g/mol. The van der Waals surface area contributed by atoms with Crippen LogP contribution in [0.4, 0.5) is 0 Å². The summed E-state index contributed by atoms with van der Waals surface area (Å²) in [6, 6.07) is -2.41. The van der Waals surface area contributed by atoms with Crippen molar-refractivity contribution in [3.05, 3.63) is 50.1 Å². The number of ketones is 1. The number of amides is 2. The van der Waals surface area contributed by atoms with Crippen LogP contribution >= 0.6 is 7.82 Å². The smallest absolute Gasteiger partial charge is 0.460 e. The van der Waals surface area contributed by atoms with E-state index in [1.165, 1.54) is 161 Å². The Balaban J connectivity index is 2.59. The quantitative estimate of drug-likeness (QED) is 0.0169. The summed E-state index contributed by atoms with van der Waals surface area (Å²) < 4.78 is 89.9. The minimum absolute atomic E-state index is 0.0842. The SMILES string of the molecule is C=CCOC(=O)CO[C@H]1O[C@H](CO[C@@H]2O[C@H](COC)[C@@H](OP(=O)(OCC=C)OCC=C)[C@H](OCC[C@@H](CCCCCCCCCCC)OCCCCCC/C=C\CCCCCC)[C@H]2NC(C)=O)[C@@H](O)[C@H](OCCCCCCCCCCCC)[C@H]1NC(=O)CC(=O)CCCCCCCCCCC. The van der Waals surface area contributed by atoms with Crippen LogP contribution in [-0.4, -0.2) is 163 Å². The van der Waals surface area contributed by atoms with Crippen molar-refractivity contribution in [1.82, 2.24) is 10.6 Å². The molecule has 0 radical (unpaired) electrons. The molecule has 0 spiro atoms. The van der Waals surface area contributed by atoms with Crippen molar-refractivity contribution < 1.29 is 85.1 Å². The Morgan fingerprint density at radius 3 is 1.50 bits per heavy atom. The van der Waals surface area contributed by atoms with Crippen molar-refractivity contribution in [2.75, 3.05) is 66.6 Å². The predicted octanol–water partition coefficient (Wildman–Crippen LogP) is 17.8. The molecule has 0 aromatic rings. The van der Waals surface area contributed by atoms with Gasteiger partial charge in [0.15, 0.2) is 12.6 Å². The highest BCUT2D eigenvalue weighted by Crippen LogP contribution is 2.52. The van der Waals surface area contributed by atoms with E-state index in [1.807, 2.05) is 0 Å². The van der Waals surface area contributed by atoms with Crippen molar-refractivity contribution in [3.8, 4) is 0 Å². The lowest BCUT2D eigenvalue weighted by molar-refractivity contribution is -0.308. The highest BCUT2D eigenvalue weighted by Gasteiger charge is 2.53. The van der Waals surface area contributed by atoms with Crippen molar-refractivity contribution in [2.45, 2.75) is 372 Å². The molecule has 0 aliphatic carbocycles. The predicted molar refractivity (Wildman–Crippen MR) is 403 cm³/mol. The number of aliphatic hydroxyl groups is 1.